The summed E-state index contributed by atoms with van der Waals surface area (Å²) in [6.45, 7) is 4.10. The molecule has 2 fully saturated rings. The predicted molar refractivity (Wildman–Crippen MR) is 261 cm³/mol. The monoisotopic (exact) mass is 952 g/mol. The van der Waals surface area contributed by atoms with Gasteiger partial charge in [-0.25, -0.2) is 28.7 Å². The molecule has 2 aromatic heterocycles. The number of ether oxygens (including phenoxy) is 3. The normalized spacial score (nSPS) is 19.3. The Hall–Kier alpha value is -6.77. The fraction of sp³-hybridized carbons (Fsp3) is 0.455. The highest BCUT2D eigenvalue weighted by atomic mass is 19.1. The summed E-state index contributed by atoms with van der Waals surface area (Å²) < 4.78 is 36.9. The average molecular weight is 953 g/mol. The lowest BCUT2D eigenvalue weighted by Gasteiger charge is -2.33. The van der Waals surface area contributed by atoms with Gasteiger partial charge in [-0.15, -0.1) is 0 Å². The van der Waals surface area contributed by atoms with E-state index in [4.69, 9.17) is 24.2 Å². The Bertz CT molecular complexity index is 2960. The van der Waals surface area contributed by atoms with Crippen molar-refractivity contribution in [3.63, 3.8) is 0 Å². The number of carbonyl (C=O) groups is 4. The molecule has 1 N–H and O–H groups in total. The highest BCUT2D eigenvalue weighted by molar-refractivity contribution is 5.91. The molecule has 2 amide bonds. The van der Waals surface area contributed by atoms with Crippen LogP contribution in [0.2, 0.25) is 0 Å². The lowest BCUT2D eigenvalue weighted by molar-refractivity contribution is -0.145. The number of benzene rings is 4. The van der Waals surface area contributed by atoms with Crippen LogP contribution in [0.25, 0.3) is 33.5 Å². The van der Waals surface area contributed by atoms with Gasteiger partial charge in [-0.2, -0.15) is 0 Å². The minimum atomic E-state index is -0.921. The summed E-state index contributed by atoms with van der Waals surface area (Å²) in [6, 6.07) is 22.8. The van der Waals surface area contributed by atoms with Crippen LogP contribution >= 0.6 is 0 Å². The van der Waals surface area contributed by atoms with E-state index in [0.29, 0.717) is 82.5 Å². The summed E-state index contributed by atoms with van der Waals surface area (Å²) in [4.78, 5) is 66.3. The minimum absolute atomic E-state index is 0.0991. The number of esters is 1. The van der Waals surface area contributed by atoms with E-state index in [0.717, 1.165) is 87.8 Å². The zero-order valence-electron chi connectivity index (χ0n) is 40.2. The molecule has 2 unspecified atom stereocenters. The molecule has 2 aliphatic heterocycles. The number of nitrogens with zero attached hydrogens (tertiary/aromatic N) is 6. The SMILES string of the molecule is COC(=O)N1CCc2ccc3c(nc(C4CCCCC4)n3C[C@@H](C(=O)O)C3CCCC(OC(=O)c4ccc(-c5nc6c7c(ccc6n5[C@H](C)Cc5ccccc5)CCN(C(=O)OC)C7)cc4F)C3)c2C1. The number of rotatable bonds is 11. The smallest absolute Gasteiger partial charge is 0.409 e. The number of amides is 2. The highest BCUT2D eigenvalue weighted by Gasteiger charge is 2.37. The molecule has 0 spiro atoms. The molecule has 0 radical (unpaired) electrons. The first-order chi connectivity index (χ1) is 34.0. The number of halogens is 1. The second kappa shape index (κ2) is 19.9. The molecule has 2 saturated carbocycles. The van der Waals surface area contributed by atoms with Gasteiger partial charge in [0.05, 0.1) is 60.9 Å². The molecule has 10 rings (SSSR count). The molecular weight excluding hydrogens is 892 g/mol. The van der Waals surface area contributed by atoms with Gasteiger partial charge in [0.1, 0.15) is 23.6 Å². The van der Waals surface area contributed by atoms with Crippen LogP contribution < -0.4 is 0 Å². The van der Waals surface area contributed by atoms with E-state index in [-0.39, 0.29) is 36.1 Å². The van der Waals surface area contributed by atoms with Crippen molar-refractivity contribution in [2.75, 3.05) is 27.3 Å². The van der Waals surface area contributed by atoms with Gasteiger partial charge in [0.25, 0.3) is 0 Å². The van der Waals surface area contributed by atoms with Crippen molar-refractivity contribution in [2.24, 2.45) is 11.8 Å². The first-order valence-electron chi connectivity index (χ1n) is 25.0. The third-order valence-corrected chi connectivity index (χ3v) is 15.5. The topological polar surface area (TPSA) is 158 Å². The zero-order valence-corrected chi connectivity index (χ0v) is 40.2. The predicted octanol–water partition coefficient (Wildman–Crippen LogP) is 10.4. The third-order valence-electron chi connectivity index (χ3n) is 15.5. The number of hydrogen-bond donors (Lipinski definition) is 1. The second-order valence-electron chi connectivity index (χ2n) is 19.8. The van der Waals surface area contributed by atoms with Gasteiger partial charge in [0, 0.05) is 48.3 Å². The molecule has 2 aliphatic carbocycles. The summed E-state index contributed by atoms with van der Waals surface area (Å²) in [7, 11) is 2.76. The van der Waals surface area contributed by atoms with Gasteiger partial charge < -0.3 is 38.3 Å². The van der Waals surface area contributed by atoms with Crippen LogP contribution in [0.1, 0.15) is 121 Å². The van der Waals surface area contributed by atoms with Crippen molar-refractivity contribution in [2.45, 2.75) is 122 Å². The minimum Gasteiger partial charge on any atom is -0.481 e. The number of fused-ring (bicyclic) bond motifs is 6. The number of carboxylic acids is 1. The van der Waals surface area contributed by atoms with E-state index in [1.165, 1.54) is 26.4 Å². The fourth-order valence-corrected chi connectivity index (χ4v) is 11.9. The number of carbonyl (C=O) groups excluding carboxylic acids is 3. The first kappa shape index (κ1) is 46.9. The van der Waals surface area contributed by atoms with E-state index in [1.807, 2.05) is 18.2 Å². The molecule has 4 atom stereocenters. The molecule has 366 valence electrons. The van der Waals surface area contributed by atoms with Crippen LogP contribution in [0.3, 0.4) is 0 Å². The Labute approximate surface area is 406 Å². The lowest BCUT2D eigenvalue weighted by atomic mass is 9.78. The van der Waals surface area contributed by atoms with Crippen molar-refractivity contribution >= 4 is 46.2 Å². The Morgan fingerprint density at radius 2 is 1.43 bits per heavy atom. The largest absolute Gasteiger partial charge is 0.481 e. The highest BCUT2D eigenvalue weighted by Crippen LogP contribution is 2.40. The Kier molecular flexibility index (Phi) is 13.4. The molecule has 4 aliphatic rings. The Morgan fingerprint density at radius 3 is 2.07 bits per heavy atom. The third kappa shape index (κ3) is 9.10. The van der Waals surface area contributed by atoms with Crippen molar-refractivity contribution in [1.82, 2.24) is 28.9 Å². The molecule has 6 aromatic rings. The van der Waals surface area contributed by atoms with Gasteiger partial charge in [-0.1, -0.05) is 67.8 Å². The summed E-state index contributed by atoms with van der Waals surface area (Å²) in [5.74, 6) is -1.94. The van der Waals surface area contributed by atoms with E-state index in [2.05, 4.69) is 52.5 Å². The summed E-state index contributed by atoms with van der Waals surface area (Å²) in [5.41, 5.74) is 8.80. The molecular formula is C55H61FN6O8. The molecule has 15 heteroatoms. The first-order valence-corrected chi connectivity index (χ1v) is 25.0. The fourth-order valence-electron chi connectivity index (χ4n) is 11.9. The van der Waals surface area contributed by atoms with Gasteiger partial charge in [-0.3, -0.25) is 4.79 Å². The maximum atomic E-state index is 16.4. The summed E-state index contributed by atoms with van der Waals surface area (Å²) in [5, 5.41) is 10.9. The quantitative estimate of drug-likeness (QED) is 0.0979. The standard InChI is InChI=1S/C55H61FN6O8/c1-33(27-34-11-6-4-7-12-34)62-47-22-19-36-24-26-60(55(67)69-3)31-43(36)49(47)58-51(62)39-17-20-41(45(56)29-39)53(65)70-40-16-10-15-38(28-40)44(52(63)64)32-61-46-21-18-35-23-25-59(54(66)68-2)30-42(35)48(46)57-50(61)37-13-8-5-9-14-37/h4,6-7,11-12,17-22,29,33,37-38,40,44H,5,8-10,13-16,23-28,30-32H2,1-3H3,(H,63,64)/t33-,38?,40?,44-/m1/s1. The van der Waals surface area contributed by atoms with E-state index in [9.17, 15) is 24.3 Å². The van der Waals surface area contributed by atoms with Crippen molar-refractivity contribution in [1.29, 1.82) is 0 Å². The van der Waals surface area contributed by atoms with Crippen LogP contribution in [-0.2, 0) is 57.9 Å². The maximum absolute atomic E-state index is 16.4. The van der Waals surface area contributed by atoms with Crippen molar-refractivity contribution < 1.29 is 42.9 Å². The van der Waals surface area contributed by atoms with Gasteiger partial charge >= 0.3 is 24.1 Å². The number of aliphatic carboxylic acids is 1. The maximum Gasteiger partial charge on any atom is 0.409 e. The molecule has 4 aromatic carbocycles. The van der Waals surface area contributed by atoms with E-state index in [1.54, 1.807) is 15.9 Å². The lowest BCUT2D eigenvalue weighted by Crippen LogP contribution is -2.36. The summed E-state index contributed by atoms with van der Waals surface area (Å²) >= 11 is 0. The molecule has 4 heterocycles. The number of imidazole rings is 2. The van der Waals surface area contributed by atoms with Crippen LogP contribution in [0.15, 0.2) is 72.8 Å². The molecule has 0 bridgehead atoms. The van der Waals surface area contributed by atoms with Crippen LogP contribution in [0, 0.1) is 17.7 Å². The Morgan fingerprint density at radius 1 is 0.771 bits per heavy atom. The zero-order chi connectivity index (χ0) is 48.6. The molecule has 0 saturated heterocycles. The second-order valence-corrected chi connectivity index (χ2v) is 19.8. The van der Waals surface area contributed by atoms with Gasteiger partial charge in [0.2, 0.25) is 0 Å². The summed E-state index contributed by atoms with van der Waals surface area (Å²) in [6.07, 6.45) is 8.08. The number of aromatic nitrogens is 4. The van der Waals surface area contributed by atoms with Crippen LogP contribution in [-0.4, -0.2) is 91.5 Å². The number of carboxylic acid groups (broad SMARTS) is 1. The number of methoxy groups -OCH3 is 2. The van der Waals surface area contributed by atoms with Gasteiger partial charge in [-0.05, 0) is 112 Å². The average Bonchev–Trinajstić information content (AvgIpc) is 3.97. The van der Waals surface area contributed by atoms with E-state index < -0.39 is 35.9 Å². The molecule has 14 nitrogen and oxygen atoms in total. The number of hydrogen-bond acceptors (Lipinski definition) is 9. The Balaban J connectivity index is 0.903. The van der Waals surface area contributed by atoms with Crippen LogP contribution in [0.5, 0.6) is 0 Å². The molecule has 70 heavy (non-hydrogen) atoms. The van der Waals surface area contributed by atoms with E-state index >= 15 is 4.39 Å². The van der Waals surface area contributed by atoms with Crippen molar-refractivity contribution in [3.05, 3.63) is 118 Å². The van der Waals surface area contributed by atoms with Crippen LogP contribution in [0.4, 0.5) is 14.0 Å². The van der Waals surface area contributed by atoms with Gasteiger partial charge in [0.15, 0.2) is 0 Å². The van der Waals surface area contributed by atoms with Crippen molar-refractivity contribution in [3.8, 4) is 11.4 Å².